The minimum Gasteiger partial charge on any atom is -0.375 e. The molecule has 1 atom stereocenters. The van der Waals surface area contributed by atoms with Crippen LogP contribution in [-0.4, -0.2) is 18.0 Å². The van der Waals surface area contributed by atoms with E-state index in [-0.39, 0.29) is 16.9 Å². The topological polar surface area (TPSA) is 26.3 Å². The van der Waals surface area contributed by atoms with Crippen LogP contribution in [0.3, 0.4) is 0 Å². The van der Waals surface area contributed by atoms with Gasteiger partial charge in [0, 0.05) is 18.1 Å². The number of rotatable bonds is 2. The van der Waals surface area contributed by atoms with Crippen LogP contribution in [0.25, 0.3) is 0 Å². The van der Waals surface area contributed by atoms with E-state index in [4.69, 9.17) is 4.74 Å². The van der Waals surface area contributed by atoms with Crippen molar-refractivity contribution in [2.45, 2.75) is 63.9 Å². The predicted molar refractivity (Wildman–Crippen MR) is 84.7 cm³/mol. The van der Waals surface area contributed by atoms with Gasteiger partial charge in [0.25, 0.3) is 0 Å². The van der Waals surface area contributed by atoms with Gasteiger partial charge in [-0.3, -0.25) is 4.79 Å². The average molecular weight is 286 g/mol. The Kier molecular flexibility index (Phi) is 3.69. The molecule has 1 aliphatic carbocycles. The highest BCUT2D eigenvalue weighted by Gasteiger charge is 2.44. The molecule has 1 heterocycles. The molecule has 21 heavy (non-hydrogen) atoms. The minimum atomic E-state index is 0.0456. The smallest absolute Gasteiger partial charge is 0.166 e. The van der Waals surface area contributed by atoms with Crippen molar-refractivity contribution in [3.63, 3.8) is 0 Å². The number of hydrogen-bond donors (Lipinski definition) is 0. The summed E-state index contributed by atoms with van der Waals surface area (Å²) in [7, 11) is 0. The molecule has 1 aromatic carbocycles. The first-order chi connectivity index (χ1) is 9.90. The maximum Gasteiger partial charge on any atom is 0.166 e. The Morgan fingerprint density at radius 1 is 1.19 bits per heavy atom. The Hall–Kier alpha value is -1.15. The van der Waals surface area contributed by atoms with Gasteiger partial charge in [0.15, 0.2) is 5.78 Å². The van der Waals surface area contributed by atoms with Gasteiger partial charge in [-0.25, -0.2) is 0 Å². The Morgan fingerprint density at radius 2 is 1.86 bits per heavy atom. The summed E-state index contributed by atoms with van der Waals surface area (Å²) >= 11 is 0. The molecule has 2 nitrogen and oxygen atoms in total. The van der Waals surface area contributed by atoms with E-state index in [1.54, 1.807) is 0 Å². The molecule has 2 fully saturated rings. The van der Waals surface area contributed by atoms with Gasteiger partial charge >= 0.3 is 0 Å². The standard InChI is InChI=1S/C19H26O2/c1-18(2,3)16-7-5-14(6-8-16)17(20)15-9-12-21-19(13-15)10-4-11-19/h5-8,15H,4,9-13H2,1-3H3. The fourth-order valence-corrected chi connectivity index (χ4v) is 3.54. The lowest BCUT2D eigenvalue weighted by Gasteiger charge is -2.46. The summed E-state index contributed by atoms with van der Waals surface area (Å²) in [5, 5.41) is 0. The fraction of sp³-hybridized carbons (Fsp3) is 0.632. The lowest BCUT2D eigenvalue weighted by Crippen LogP contribution is -2.47. The van der Waals surface area contributed by atoms with Gasteiger partial charge in [-0.05, 0) is 43.1 Å². The van der Waals surface area contributed by atoms with Crippen LogP contribution in [0.15, 0.2) is 24.3 Å². The quantitative estimate of drug-likeness (QED) is 0.747. The average Bonchev–Trinajstić information content (AvgIpc) is 2.44. The summed E-state index contributed by atoms with van der Waals surface area (Å²) in [6.07, 6.45) is 5.33. The Morgan fingerprint density at radius 3 is 2.38 bits per heavy atom. The maximum atomic E-state index is 12.7. The summed E-state index contributed by atoms with van der Waals surface area (Å²) in [5.41, 5.74) is 2.33. The Labute approximate surface area is 127 Å². The van der Waals surface area contributed by atoms with Crippen molar-refractivity contribution in [2.24, 2.45) is 5.92 Å². The number of hydrogen-bond acceptors (Lipinski definition) is 2. The van der Waals surface area contributed by atoms with Crippen LogP contribution >= 0.6 is 0 Å². The van der Waals surface area contributed by atoms with E-state index in [1.807, 2.05) is 12.1 Å². The van der Waals surface area contributed by atoms with Crippen molar-refractivity contribution in [1.82, 2.24) is 0 Å². The first kappa shape index (κ1) is 14.8. The molecular weight excluding hydrogens is 260 g/mol. The molecule has 3 rings (SSSR count). The van der Waals surface area contributed by atoms with E-state index in [1.165, 1.54) is 12.0 Å². The molecule has 2 aliphatic rings. The van der Waals surface area contributed by atoms with Crippen LogP contribution in [0.5, 0.6) is 0 Å². The van der Waals surface area contributed by atoms with Crippen LogP contribution in [0, 0.1) is 5.92 Å². The van der Waals surface area contributed by atoms with Gasteiger partial charge in [-0.15, -0.1) is 0 Å². The second-order valence-electron chi connectivity index (χ2n) is 7.77. The predicted octanol–water partition coefficient (Wildman–Crippen LogP) is 4.52. The van der Waals surface area contributed by atoms with Crippen LogP contribution in [-0.2, 0) is 10.2 Å². The van der Waals surface area contributed by atoms with E-state index in [0.29, 0.717) is 5.78 Å². The summed E-state index contributed by atoms with van der Waals surface area (Å²) in [6, 6.07) is 8.22. The highest BCUT2D eigenvalue weighted by molar-refractivity contribution is 5.98. The summed E-state index contributed by atoms with van der Waals surface area (Å²) in [6.45, 7) is 7.34. The molecule has 1 saturated carbocycles. The summed E-state index contributed by atoms with van der Waals surface area (Å²) < 4.78 is 5.93. The highest BCUT2D eigenvalue weighted by atomic mass is 16.5. The van der Waals surface area contributed by atoms with E-state index in [0.717, 1.165) is 37.9 Å². The number of ether oxygens (including phenoxy) is 1. The molecule has 1 spiro atoms. The van der Waals surface area contributed by atoms with Crippen LogP contribution in [0.2, 0.25) is 0 Å². The van der Waals surface area contributed by atoms with Crippen molar-refractivity contribution in [3.8, 4) is 0 Å². The molecule has 1 unspecified atom stereocenters. The van der Waals surface area contributed by atoms with Crippen molar-refractivity contribution in [1.29, 1.82) is 0 Å². The minimum absolute atomic E-state index is 0.0456. The zero-order chi connectivity index (χ0) is 15.1. The molecule has 1 aliphatic heterocycles. The lowest BCUT2D eigenvalue weighted by atomic mass is 9.70. The maximum absolute atomic E-state index is 12.7. The van der Waals surface area contributed by atoms with E-state index < -0.39 is 0 Å². The monoisotopic (exact) mass is 286 g/mol. The summed E-state index contributed by atoms with van der Waals surface area (Å²) in [4.78, 5) is 12.7. The molecule has 2 heteroatoms. The first-order valence-corrected chi connectivity index (χ1v) is 8.18. The van der Waals surface area contributed by atoms with Gasteiger partial charge in [0.05, 0.1) is 5.60 Å². The fourth-order valence-electron chi connectivity index (χ4n) is 3.54. The van der Waals surface area contributed by atoms with E-state index in [2.05, 4.69) is 32.9 Å². The van der Waals surface area contributed by atoms with Gasteiger partial charge in [-0.2, -0.15) is 0 Å². The molecular formula is C19H26O2. The molecule has 114 valence electrons. The van der Waals surface area contributed by atoms with Crippen molar-refractivity contribution < 1.29 is 9.53 Å². The number of benzene rings is 1. The van der Waals surface area contributed by atoms with E-state index >= 15 is 0 Å². The molecule has 0 bridgehead atoms. The number of carbonyl (C=O) groups excluding carboxylic acids is 1. The Balaban J connectivity index is 1.72. The van der Waals surface area contributed by atoms with Crippen molar-refractivity contribution in [2.75, 3.05) is 6.61 Å². The first-order valence-electron chi connectivity index (χ1n) is 8.18. The van der Waals surface area contributed by atoms with E-state index in [9.17, 15) is 4.79 Å². The number of Topliss-reactive ketones (excluding diaryl/α,β-unsaturated/α-hetero) is 1. The number of ketones is 1. The zero-order valence-electron chi connectivity index (χ0n) is 13.4. The molecule has 0 N–H and O–H groups in total. The third-order valence-electron chi connectivity index (χ3n) is 5.16. The normalized spacial score (nSPS) is 24.6. The highest BCUT2D eigenvalue weighted by Crippen LogP contribution is 2.44. The zero-order valence-corrected chi connectivity index (χ0v) is 13.4. The third-order valence-corrected chi connectivity index (χ3v) is 5.16. The number of carbonyl (C=O) groups is 1. The van der Waals surface area contributed by atoms with Crippen LogP contribution < -0.4 is 0 Å². The second-order valence-corrected chi connectivity index (χ2v) is 7.77. The molecule has 0 amide bonds. The molecule has 1 aromatic rings. The lowest BCUT2D eigenvalue weighted by molar-refractivity contribution is -0.137. The Bertz CT molecular complexity index is 517. The van der Waals surface area contributed by atoms with Crippen molar-refractivity contribution >= 4 is 5.78 Å². The molecule has 1 saturated heterocycles. The third kappa shape index (κ3) is 2.91. The van der Waals surface area contributed by atoms with Crippen LogP contribution in [0.4, 0.5) is 0 Å². The largest absolute Gasteiger partial charge is 0.375 e. The van der Waals surface area contributed by atoms with Crippen molar-refractivity contribution in [3.05, 3.63) is 35.4 Å². The van der Waals surface area contributed by atoms with Crippen LogP contribution in [0.1, 0.15) is 68.8 Å². The molecule has 0 aromatic heterocycles. The van der Waals surface area contributed by atoms with Gasteiger partial charge in [-0.1, -0.05) is 45.0 Å². The second kappa shape index (κ2) is 5.24. The molecule has 0 radical (unpaired) electrons. The van der Waals surface area contributed by atoms with Gasteiger partial charge in [0.2, 0.25) is 0 Å². The van der Waals surface area contributed by atoms with Gasteiger partial charge < -0.3 is 4.74 Å². The summed E-state index contributed by atoms with van der Waals surface area (Å²) in [5.74, 6) is 0.463. The SMILES string of the molecule is CC(C)(C)c1ccc(C(=O)C2CCOC3(CCC3)C2)cc1. The van der Waals surface area contributed by atoms with Gasteiger partial charge in [0.1, 0.15) is 0 Å².